The summed E-state index contributed by atoms with van der Waals surface area (Å²) in [4.78, 5) is 32.0. The summed E-state index contributed by atoms with van der Waals surface area (Å²) in [6.07, 6.45) is 3.32. The predicted octanol–water partition coefficient (Wildman–Crippen LogP) is 5.01. The van der Waals surface area contributed by atoms with Crippen molar-refractivity contribution in [2.24, 2.45) is 0 Å². The summed E-state index contributed by atoms with van der Waals surface area (Å²) >= 11 is 0. The summed E-state index contributed by atoms with van der Waals surface area (Å²) < 4.78 is 5.27. The number of ketones is 1. The summed E-state index contributed by atoms with van der Waals surface area (Å²) in [6, 6.07) is 17.6. The van der Waals surface area contributed by atoms with Crippen LogP contribution in [-0.2, 0) is 21.5 Å². The smallest absolute Gasteiger partial charge is 0.295 e. The van der Waals surface area contributed by atoms with E-state index in [9.17, 15) is 14.7 Å². The van der Waals surface area contributed by atoms with Crippen molar-refractivity contribution in [3.05, 3.63) is 101 Å². The van der Waals surface area contributed by atoms with E-state index in [1.165, 1.54) is 12.0 Å². The zero-order chi connectivity index (χ0) is 24.5. The Morgan fingerprint density at radius 3 is 2.41 bits per heavy atom. The van der Waals surface area contributed by atoms with Gasteiger partial charge in [-0.1, -0.05) is 63.2 Å². The van der Waals surface area contributed by atoms with Crippen LogP contribution < -0.4 is 4.74 Å². The fourth-order valence-corrected chi connectivity index (χ4v) is 4.17. The number of aromatic nitrogens is 1. The van der Waals surface area contributed by atoms with Gasteiger partial charge in [0.2, 0.25) is 0 Å². The summed E-state index contributed by atoms with van der Waals surface area (Å²) in [5.74, 6) is -1.05. The van der Waals surface area contributed by atoms with Gasteiger partial charge < -0.3 is 14.7 Å². The van der Waals surface area contributed by atoms with Crippen LogP contribution in [0.25, 0.3) is 5.76 Å². The number of aliphatic hydroxyl groups excluding tert-OH is 1. The van der Waals surface area contributed by atoms with Crippen LogP contribution in [0.1, 0.15) is 49.1 Å². The van der Waals surface area contributed by atoms with Crippen LogP contribution >= 0.6 is 0 Å². The van der Waals surface area contributed by atoms with E-state index in [0.717, 1.165) is 16.7 Å². The third kappa shape index (κ3) is 4.44. The molecule has 1 aromatic heterocycles. The molecule has 0 radical (unpaired) electrons. The topological polar surface area (TPSA) is 79.7 Å². The first-order valence-electron chi connectivity index (χ1n) is 11.1. The number of hydrogen-bond acceptors (Lipinski definition) is 5. The Hall–Kier alpha value is -3.93. The molecule has 3 aromatic rings. The van der Waals surface area contributed by atoms with Gasteiger partial charge >= 0.3 is 0 Å². The number of likely N-dealkylation sites (tertiary alicyclic amines) is 1. The minimum absolute atomic E-state index is 0.0450. The molecule has 1 aliphatic heterocycles. The zero-order valence-corrected chi connectivity index (χ0v) is 19.8. The molecule has 0 bridgehead atoms. The largest absolute Gasteiger partial charge is 0.507 e. The van der Waals surface area contributed by atoms with E-state index in [1.54, 1.807) is 42.7 Å². The second kappa shape index (κ2) is 9.14. The molecular weight excluding hydrogens is 428 g/mol. The normalized spacial score (nSPS) is 17.8. The van der Waals surface area contributed by atoms with Crippen LogP contribution in [0.15, 0.2) is 78.6 Å². The highest BCUT2D eigenvalue weighted by molar-refractivity contribution is 6.46. The maximum atomic E-state index is 13.2. The first kappa shape index (κ1) is 23.2. The Balaban J connectivity index is 1.86. The Bertz CT molecular complexity index is 1240. The van der Waals surface area contributed by atoms with E-state index in [1.807, 2.05) is 30.3 Å². The van der Waals surface area contributed by atoms with Gasteiger partial charge in [-0.3, -0.25) is 14.6 Å². The molecular formula is C28H28N2O4. The summed E-state index contributed by atoms with van der Waals surface area (Å²) in [5, 5.41) is 11.2. The van der Waals surface area contributed by atoms with Crippen molar-refractivity contribution in [3.63, 3.8) is 0 Å². The number of ether oxygens (including phenoxy) is 1. The number of Topliss-reactive ketones (excluding diaryl/α,β-unsaturated/α-hetero) is 1. The van der Waals surface area contributed by atoms with Gasteiger partial charge in [-0.25, -0.2) is 0 Å². The number of carbonyl (C=O) groups excluding carboxylic acids is 2. The average Bonchev–Trinajstić information content (AvgIpc) is 3.08. The standard InChI is InChI=1S/C28H28N2O4/c1-28(2,3)21-12-10-19(11-13-21)24-23(25(31)20-8-5-9-22(15-20)34-4)26(32)27(33)30(24)17-18-7-6-14-29-16-18/h5-16,24,31H,17H2,1-4H3/b25-23+/t24-/m0/s1. The van der Waals surface area contributed by atoms with E-state index in [2.05, 4.69) is 25.8 Å². The lowest BCUT2D eigenvalue weighted by molar-refractivity contribution is -0.140. The van der Waals surface area contributed by atoms with Crippen LogP contribution in [0.2, 0.25) is 0 Å². The second-order valence-corrected chi connectivity index (χ2v) is 9.39. The maximum absolute atomic E-state index is 13.2. The van der Waals surface area contributed by atoms with Crippen molar-refractivity contribution in [2.45, 2.75) is 38.8 Å². The molecule has 6 nitrogen and oxygen atoms in total. The number of nitrogens with zero attached hydrogens (tertiary/aromatic N) is 2. The Morgan fingerprint density at radius 2 is 1.79 bits per heavy atom. The van der Waals surface area contributed by atoms with Crippen molar-refractivity contribution in [3.8, 4) is 5.75 Å². The zero-order valence-electron chi connectivity index (χ0n) is 19.8. The average molecular weight is 457 g/mol. The highest BCUT2D eigenvalue weighted by Crippen LogP contribution is 2.41. The van der Waals surface area contributed by atoms with Gasteiger partial charge in [-0.15, -0.1) is 0 Å². The number of benzene rings is 2. The number of amides is 1. The van der Waals surface area contributed by atoms with E-state index in [4.69, 9.17) is 4.74 Å². The van der Waals surface area contributed by atoms with Gasteiger partial charge in [-0.2, -0.15) is 0 Å². The van der Waals surface area contributed by atoms with Crippen molar-refractivity contribution in [2.75, 3.05) is 7.11 Å². The lowest BCUT2D eigenvalue weighted by atomic mass is 9.85. The fraction of sp³-hybridized carbons (Fsp3) is 0.250. The Morgan fingerprint density at radius 1 is 1.06 bits per heavy atom. The molecule has 1 amide bonds. The predicted molar refractivity (Wildman–Crippen MR) is 130 cm³/mol. The Kier molecular flexibility index (Phi) is 6.24. The van der Waals surface area contributed by atoms with Gasteiger partial charge in [0, 0.05) is 24.5 Å². The molecule has 2 aromatic carbocycles. The molecule has 1 saturated heterocycles. The maximum Gasteiger partial charge on any atom is 0.295 e. The van der Waals surface area contributed by atoms with Crippen LogP contribution in [-0.4, -0.2) is 33.8 Å². The summed E-state index contributed by atoms with van der Waals surface area (Å²) in [6.45, 7) is 6.57. The number of pyridine rings is 1. The van der Waals surface area contributed by atoms with Crippen molar-refractivity contribution < 1.29 is 19.4 Å². The van der Waals surface area contributed by atoms with Crippen molar-refractivity contribution >= 4 is 17.4 Å². The number of rotatable bonds is 5. The first-order chi connectivity index (χ1) is 16.2. The van der Waals surface area contributed by atoms with Crippen molar-refractivity contribution in [1.29, 1.82) is 0 Å². The molecule has 1 aliphatic rings. The van der Waals surface area contributed by atoms with Gasteiger partial charge in [0.25, 0.3) is 11.7 Å². The van der Waals surface area contributed by atoms with Crippen LogP contribution in [0, 0.1) is 0 Å². The minimum atomic E-state index is -0.736. The third-order valence-electron chi connectivity index (χ3n) is 6.05. The molecule has 0 spiro atoms. The minimum Gasteiger partial charge on any atom is -0.507 e. The van der Waals surface area contributed by atoms with Gasteiger partial charge in [0.1, 0.15) is 11.5 Å². The number of carbonyl (C=O) groups is 2. The molecule has 1 fully saturated rings. The summed E-state index contributed by atoms with van der Waals surface area (Å²) in [7, 11) is 1.53. The van der Waals surface area contributed by atoms with E-state index < -0.39 is 17.7 Å². The van der Waals surface area contributed by atoms with E-state index in [0.29, 0.717) is 11.3 Å². The molecule has 174 valence electrons. The van der Waals surface area contributed by atoms with E-state index >= 15 is 0 Å². The van der Waals surface area contributed by atoms with Gasteiger partial charge in [0.05, 0.1) is 18.7 Å². The second-order valence-electron chi connectivity index (χ2n) is 9.39. The Labute approximate surface area is 199 Å². The lowest BCUT2D eigenvalue weighted by Crippen LogP contribution is -2.29. The molecule has 1 atom stereocenters. The molecule has 4 rings (SSSR count). The van der Waals surface area contributed by atoms with Gasteiger partial charge in [0.15, 0.2) is 0 Å². The van der Waals surface area contributed by atoms with Crippen LogP contribution in [0.4, 0.5) is 0 Å². The number of aliphatic hydroxyl groups is 1. The fourth-order valence-electron chi connectivity index (χ4n) is 4.17. The van der Waals surface area contributed by atoms with Crippen LogP contribution in [0.5, 0.6) is 5.75 Å². The molecule has 0 saturated carbocycles. The highest BCUT2D eigenvalue weighted by atomic mass is 16.5. The molecule has 0 unspecified atom stereocenters. The van der Waals surface area contributed by atoms with Gasteiger partial charge in [-0.05, 0) is 40.3 Å². The molecule has 6 heteroatoms. The van der Waals surface area contributed by atoms with Crippen molar-refractivity contribution in [1.82, 2.24) is 9.88 Å². The SMILES string of the molecule is COc1cccc(/C(O)=C2\C(=O)C(=O)N(Cc3cccnc3)[C@H]2c2ccc(C(C)(C)C)cc2)c1. The lowest BCUT2D eigenvalue weighted by Gasteiger charge is -2.26. The number of hydrogen-bond donors (Lipinski definition) is 1. The first-order valence-corrected chi connectivity index (χ1v) is 11.1. The third-order valence-corrected chi connectivity index (χ3v) is 6.05. The molecule has 1 N–H and O–H groups in total. The summed E-state index contributed by atoms with van der Waals surface area (Å²) in [5.41, 5.74) is 3.10. The molecule has 2 heterocycles. The number of methoxy groups -OCH3 is 1. The quantitative estimate of drug-likeness (QED) is 0.332. The van der Waals surface area contributed by atoms with Crippen LogP contribution in [0.3, 0.4) is 0 Å². The monoisotopic (exact) mass is 456 g/mol. The van der Waals surface area contributed by atoms with E-state index in [-0.39, 0.29) is 23.3 Å². The highest BCUT2D eigenvalue weighted by Gasteiger charge is 2.46. The molecule has 0 aliphatic carbocycles. The molecule has 34 heavy (non-hydrogen) atoms.